The maximum Gasteiger partial charge on any atom is 0.180 e. The predicted molar refractivity (Wildman–Crippen MR) is 75.2 cm³/mol. The lowest BCUT2D eigenvalue weighted by Crippen LogP contribution is -2.10. The van der Waals surface area contributed by atoms with Crippen LogP contribution in [0.15, 0.2) is 18.3 Å². The number of aromatic amines is 1. The summed E-state index contributed by atoms with van der Waals surface area (Å²) in [7, 11) is 5.85. The predicted octanol–water partition coefficient (Wildman–Crippen LogP) is 1.73. The molecule has 0 saturated carbocycles. The normalized spacial score (nSPS) is 11.2. The minimum absolute atomic E-state index is 0.726. The van der Waals surface area contributed by atoms with Gasteiger partial charge in [0.2, 0.25) is 0 Å². The first-order valence-corrected chi connectivity index (χ1v) is 6.09. The van der Waals surface area contributed by atoms with E-state index in [2.05, 4.69) is 20.1 Å². The van der Waals surface area contributed by atoms with Crippen LogP contribution in [0.25, 0.3) is 22.6 Å². The van der Waals surface area contributed by atoms with Crippen molar-refractivity contribution in [2.24, 2.45) is 7.05 Å². The molecule has 0 spiro atoms. The Kier molecular flexibility index (Phi) is 2.51. The van der Waals surface area contributed by atoms with Gasteiger partial charge in [0.15, 0.2) is 5.65 Å². The molecule has 0 fully saturated rings. The molecule has 0 radical (unpaired) electrons. The molecule has 6 nitrogen and oxygen atoms in total. The lowest BCUT2D eigenvalue weighted by atomic mass is 10.2. The number of aromatic nitrogens is 5. The number of nitrogens with zero attached hydrogens (tertiary/aromatic N) is 5. The van der Waals surface area contributed by atoms with Crippen LogP contribution in [0.5, 0.6) is 0 Å². The van der Waals surface area contributed by atoms with E-state index in [0.717, 1.165) is 34.1 Å². The summed E-state index contributed by atoms with van der Waals surface area (Å²) in [6.45, 7) is 2.02. The van der Waals surface area contributed by atoms with Crippen molar-refractivity contribution in [2.45, 2.75) is 6.92 Å². The van der Waals surface area contributed by atoms with Crippen LogP contribution in [0, 0.1) is 6.92 Å². The molecule has 0 aliphatic heterocycles. The molecule has 0 unspecified atom stereocenters. The Morgan fingerprint density at radius 2 is 2.00 bits per heavy atom. The third-order valence-electron chi connectivity index (χ3n) is 3.28. The van der Waals surface area contributed by atoms with E-state index in [9.17, 15) is 0 Å². The van der Waals surface area contributed by atoms with Gasteiger partial charge in [0.1, 0.15) is 11.6 Å². The second-order valence-electron chi connectivity index (χ2n) is 4.79. The van der Waals surface area contributed by atoms with Crippen molar-refractivity contribution >= 4 is 17.0 Å². The van der Waals surface area contributed by atoms with Gasteiger partial charge < -0.3 is 9.88 Å². The largest absolute Gasteiger partial charge is 0.363 e. The molecule has 0 aliphatic rings. The van der Waals surface area contributed by atoms with Crippen molar-refractivity contribution in [2.75, 3.05) is 19.0 Å². The summed E-state index contributed by atoms with van der Waals surface area (Å²) in [5.41, 5.74) is 3.74. The highest BCUT2D eigenvalue weighted by atomic mass is 15.3. The fourth-order valence-electron chi connectivity index (χ4n) is 1.99. The molecule has 19 heavy (non-hydrogen) atoms. The Bertz CT molecular complexity index is 737. The highest BCUT2D eigenvalue weighted by molar-refractivity contribution is 5.77. The minimum Gasteiger partial charge on any atom is -0.363 e. The number of fused-ring (bicyclic) bond motifs is 1. The zero-order chi connectivity index (χ0) is 13.6. The van der Waals surface area contributed by atoms with Crippen molar-refractivity contribution in [3.05, 3.63) is 24.0 Å². The lowest BCUT2D eigenvalue weighted by molar-refractivity contribution is 0.740. The number of hydrogen-bond donors (Lipinski definition) is 1. The van der Waals surface area contributed by atoms with Crippen molar-refractivity contribution in [1.29, 1.82) is 0 Å². The SMILES string of the molecule is Cc1c(-c2nc3nc(N(C)C)ccc3[nH]2)cnn1C. The van der Waals surface area contributed by atoms with Gasteiger partial charge in [0, 0.05) is 26.8 Å². The van der Waals surface area contributed by atoms with Crippen molar-refractivity contribution in [3.8, 4) is 11.4 Å². The number of H-pyrrole nitrogens is 1. The Labute approximate surface area is 111 Å². The van der Waals surface area contributed by atoms with Crippen LogP contribution in [0.3, 0.4) is 0 Å². The average Bonchev–Trinajstić information content (AvgIpc) is 2.93. The molecule has 0 aliphatic carbocycles. The molecule has 0 aromatic carbocycles. The Morgan fingerprint density at radius 3 is 2.63 bits per heavy atom. The van der Waals surface area contributed by atoms with Crippen molar-refractivity contribution < 1.29 is 0 Å². The zero-order valence-corrected chi connectivity index (χ0v) is 11.5. The van der Waals surface area contributed by atoms with Gasteiger partial charge in [0.25, 0.3) is 0 Å². The monoisotopic (exact) mass is 256 g/mol. The van der Waals surface area contributed by atoms with Gasteiger partial charge >= 0.3 is 0 Å². The van der Waals surface area contributed by atoms with Crippen molar-refractivity contribution in [1.82, 2.24) is 24.7 Å². The summed E-state index contributed by atoms with van der Waals surface area (Å²) in [6, 6.07) is 3.97. The molecule has 0 amide bonds. The highest BCUT2D eigenvalue weighted by Crippen LogP contribution is 2.23. The Balaban J connectivity index is 2.14. The van der Waals surface area contributed by atoms with Gasteiger partial charge in [-0.05, 0) is 19.1 Å². The van der Waals surface area contributed by atoms with Crippen LogP contribution in [-0.4, -0.2) is 38.8 Å². The standard InChI is InChI=1S/C13H16N6/c1-8-9(7-14-19(8)4)12-15-10-5-6-11(18(2)3)16-13(10)17-12/h5-7H,1-4H3,(H,15,16,17). The van der Waals surface area contributed by atoms with E-state index in [-0.39, 0.29) is 0 Å². The third kappa shape index (κ3) is 1.85. The molecule has 0 saturated heterocycles. The highest BCUT2D eigenvalue weighted by Gasteiger charge is 2.12. The second kappa shape index (κ2) is 4.08. The number of nitrogens with one attached hydrogen (secondary N) is 1. The summed E-state index contributed by atoms with van der Waals surface area (Å²) in [4.78, 5) is 14.3. The summed E-state index contributed by atoms with van der Waals surface area (Å²) in [5, 5.41) is 4.24. The number of aryl methyl sites for hydroxylation is 1. The van der Waals surface area contributed by atoms with Crippen LogP contribution in [-0.2, 0) is 7.05 Å². The summed E-state index contributed by atoms with van der Waals surface area (Å²) in [6.07, 6.45) is 1.82. The van der Waals surface area contributed by atoms with Gasteiger partial charge in [-0.2, -0.15) is 5.10 Å². The number of rotatable bonds is 2. The second-order valence-corrected chi connectivity index (χ2v) is 4.79. The lowest BCUT2D eigenvalue weighted by Gasteiger charge is -2.09. The van der Waals surface area contributed by atoms with E-state index in [1.165, 1.54) is 0 Å². The molecule has 0 atom stereocenters. The fraction of sp³-hybridized carbons (Fsp3) is 0.308. The molecule has 1 N–H and O–H groups in total. The Hall–Kier alpha value is -2.37. The van der Waals surface area contributed by atoms with Gasteiger partial charge in [-0.1, -0.05) is 0 Å². The molecule has 98 valence electrons. The van der Waals surface area contributed by atoms with Gasteiger partial charge in [-0.3, -0.25) is 4.68 Å². The molecular formula is C13H16N6. The molecule has 0 bridgehead atoms. The quantitative estimate of drug-likeness (QED) is 0.758. The van der Waals surface area contributed by atoms with Crippen LogP contribution < -0.4 is 4.90 Å². The molecular weight excluding hydrogens is 240 g/mol. The van der Waals surface area contributed by atoms with Gasteiger partial charge in [-0.25, -0.2) is 9.97 Å². The van der Waals surface area contributed by atoms with Gasteiger partial charge in [0.05, 0.1) is 17.3 Å². The van der Waals surface area contributed by atoms with E-state index in [4.69, 9.17) is 0 Å². The van der Waals surface area contributed by atoms with E-state index >= 15 is 0 Å². The number of hydrogen-bond acceptors (Lipinski definition) is 4. The van der Waals surface area contributed by atoms with Crippen molar-refractivity contribution in [3.63, 3.8) is 0 Å². The van der Waals surface area contributed by atoms with Gasteiger partial charge in [-0.15, -0.1) is 0 Å². The zero-order valence-electron chi connectivity index (χ0n) is 11.5. The first-order valence-electron chi connectivity index (χ1n) is 6.09. The Morgan fingerprint density at radius 1 is 1.21 bits per heavy atom. The molecule has 6 heteroatoms. The van der Waals surface area contributed by atoms with Crippen LogP contribution in [0.2, 0.25) is 0 Å². The summed E-state index contributed by atoms with van der Waals surface area (Å²) >= 11 is 0. The maximum atomic E-state index is 4.55. The van der Waals surface area contributed by atoms with E-state index in [0.29, 0.717) is 0 Å². The number of imidazole rings is 1. The maximum absolute atomic E-state index is 4.55. The minimum atomic E-state index is 0.726. The fourth-order valence-corrected chi connectivity index (χ4v) is 1.99. The van der Waals surface area contributed by atoms with E-state index in [1.807, 2.05) is 56.0 Å². The van der Waals surface area contributed by atoms with Crippen LogP contribution >= 0.6 is 0 Å². The smallest absolute Gasteiger partial charge is 0.180 e. The number of pyridine rings is 1. The van der Waals surface area contributed by atoms with E-state index in [1.54, 1.807) is 0 Å². The van der Waals surface area contributed by atoms with Crippen LogP contribution in [0.4, 0.5) is 5.82 Å². The van der Waals surface area contributed by atoms with Crippen LogP contribution in [0.1, 0.15) is 5.69 Å². The molecule has 3 rings (SSSR count). The molecule has 3 aromatic heterocycles. The molecule has 3 aromatic rings. The molecule has 3 heterocycles. The summed E-state index contributed by atoms with van der Waals surface area (Å²) < 4.78 is 1.83. The topological polar surface area (TPSA) is 62.6 Å². The first-order chi connectivity index (χ1) is 9.06. The average molecular weight is 256 g/mol. The first kappa shape index (κ1) is 11.7. The third-order valence-corrected chi connectivity index (χ3v) is 3.28. The van der Waals surface area contributed by atoms with E-state index < -0.39 is 0 Å². The summed E-state index contributed by atoms with van der Waals surface area (Å²) in [5.74, 6) is 1.71. The number of anilines is 1.